The summed E-state index contributed by atoms with van der Waals surface area (Å²) in [5, 5.41) is 4.29. The molecule has 1 amide bonds. The van der Waals surface area contributed by atoms with Gasteiger partial charge in [0.15, 0.2) is 0 Å². The van der Waals surface area contributed by atoms with Crippen molar-refractivity contribution >= 4 is 29.1 Å². The molecule has 1 fully saturated rings. The van der Waals surface area contributed by atoms with Crippen LogP contribution in [0.4, 0.5) is 0 Å². The van der Waals surface area contributed by atoms with Crippen molar-refractivity contribution in [2.75, 3.05) is 13.1 Å². The third-order valence-corrected chi connectivity index (χ3v) is 4.97. The third-order valence-electron chi connectivity index (χ3n) is 4.38. The Balaban J connectivity index is 1.45. The van der Waals surface area contributed by atoms with E-state index in [1.165, 1.54) is 0 Å². The highest BCUT2D eigenvalue weighted by molar-refractivity contribution is 6.35. The quantitative estimate of drug-likeness (QED) is 0.865. The van der Waals surface area contributed by atoms with Gasteiger partial charge in [-0.05, 0) is 55.8 Å². The Kier molecular flexibility index (Phi) is 5.82. The van der Waals surface area contributed by atoms with Crippen LogP contribution in [0, 0.1) is 5.92 Å². The van der Waals surface area contributed by atoms with Crippen molar-refractivity contribution < 1.29 is 9.21 Å². The predicted molar refractivity (Wildman–Crippen MR) is 95.0 cm³/mol. The van der Waals surface area contributed by atoms with Crippen LogP contribution in [0.5, 0.6) is 0 Å². The summed E-state index contributed by atoms with van der Waals surface area (Å²) in [5.41, 5.74) is 1.07. The number of likely N-dealkylation sites (tertiary alicyclic amines) is 1. The molecule has 128 valence electrons. The number of nitrogens with one attached hydrogen (secondary N) is 1. The van der Waals surface area contributed by atoms with Gasteiger partial charge < -0.3 is 9.73 Å². The molecule has 0 saturated carbocycles. The molecular formula is C18H20Cl2N2O2. The zero-order valence-corrected chi connectivity index (χ0v) is 14.8. The Hall–Kier alpha value is -1.49. The zero-order valence-electron chi connectivity index (χ0n) is 13.3. The highest BCUT2D eigenvalue weighted by atomic mass is 35.5. The molecule has 0 atom stereocenters. The second-order valence-electron chi connectivity index (χ2n) is 6.08. The summed E-state index contributed by atoms with van der Waals surface area (Å²) in [4.78, 5) is 14.6. The molecule has 0 aliphatic carbocycles. The van der Waals surface area contributed by atoms with Crippen molar-refractivity contribution in [2.45, 2.75) is 25.9 Å². The SMILES string of the molecule is O=C(NCc1ccco1)C1CCN(Cc2ccc(Cl)cc2Cl)CC1. The maximum atomic E-state index is 12.2. The minimum absolute atomic E-state index is 0.0666. The lowest BCUT2D eigenvalue weighted by atomic mass is 9.95. The Morgan fingerprint density at radius 2 is 2.04 bits per heavy atom. The summed E-state index contributed by atoms with van der Waals surface area (Å²) >= 11 is 12.2. The van der Waals surface area contributed by atoms with Crippen LogP contribution >= 0.6 is 23.2 Å². The summed E-state index contributed by atoms with van der Waals surface area (Å²) in [6.45, 7) is 3.01. The fourth-order valence-electron chi connectivity index (χ4n) is 2.98. The van der Waals surface area contributed by atoms with Gasteiger partial charge in [-0.25, -0.2) is 0 Å². The Bertz CT molecular complexity index is 680. The van der Waals surface area contributed by atoms with Gasteiger partial charge in [-0.3, -0.25) is 9.69 Å². The van der Waals surface area contributed by atoms with Gasteiger partial charge in [0.1, 0.15) is 5.76 Å². The summed E-state index contributed by atoms with van der Waals surface area (Å²) in [6, 6.07) is 9.28. The normalized spacial score (nSPS) is 16.2. The molecule has 6 heteroatoms. The molecule has 0 bridgehead atoms. The van der Waals surface area contributed by atoms with E-state index in [0.717, 1.165) is 43.8 Å². The van der Waals surface area contributed by atoms with E-state index >= 15 is 0 Å². The molecule has 0 unspecified atom stereocenters. The molecule has 24 heavy (non-hydrogen) atoms. The molecule has 1 aromatic carbocycles. The molecule has 1 aliphatic heterocycles. The van der Waals surface area contributed by atoms with E-state index in [0.29, 0.717) is 16.6 Å². The number of carbonyl (C=O) groups is 1. The fourth-order valence-corrected chi connectivity index (χ4v) is 3.44. The van der Waals surface area contributed by atoms with E-state index in [-0.39, 0.29) is 11.8 Å². The minimum atomic E-state index is 0.0666. The summed E-state index contributed by atoms with van der Waals surface area (Å²) < 4.78 is 5.23. The van der Waals surface area contributed by atoms with Crippen LogP contribution in [0.3, 0.4) is 0 Å². The first kappa shape index (κ1) is 17.3. The van der Waals surface area contributed by atoms with E-state index < -0.39 is 0 Å². The molecule has 4 nitrogen and oxygen atoms in total. The second kappa shape index (κ2) is 8.06. The van der Waals surface area contributed by atoms with Gasteiger partial charge in [-0.2, -0.15) is 0 Å². The van der Waals surface area contributed by atoms with E-state index in [1.54, 1.807) is 12.3 Å². The highest BCUT2D eigenvalue weighted by Crippen LogP contribution is 2.25. The van der Waals surface area contributed by atoms with Crippen LogP contribution in [0.1, 0.15) is 24.2 Å². The lowest BCUT2D eigenvalue weighted by Gasteiger charge is -2.31. The van der Waals surface area contributed by atoms with Gasteiger partial charge in [0.2, 0.25) is 5.91 Å². The summed E-state index contributed by atoms with van der Waals surface area (Å²) in [5.74, 6) is 0.950. The van der Waals surface area contributed by atoms with Crippen molar-refractivity contribution in [1.82, 2.24) is 10.2 Å². The van der Waals surface area contributed by atoms with E-state index in [4.69, 9.17) is 27.6 Å². The first-order valence-corrected chi connectivity index (χ1v) is 8.84. The van der Waals surface area contributed by atoms with Crippen molar-refractivity contribution in [3.8, 4) is 0 Å². The average molecular weight is 367 g/mol. The number of hydrogen-bond donors (Lipinski definition) is 1. The Morgan fingerprint density at radius 3 is 2.71 bits per heavy atom. The van der Waals surface area contributed by atoms with Crippen LogP contribution in [0.25, 0.3) is 0 Å². The zero-order chi connectivity index (χ0) is 16.9. The van der Waals surface area contributed by atoms with Crippen molar-refractivity contribution in [1.29, 1.82) is 0 Å². The van der Waals surface area contributed by atoms with Crippen molar-refractivity contribution in [3.05, 3.63) is 58.0 Å². The van der Waals surface area contributed by atoms with Crippen molar-refractivity contribution in [2.24, 2.45) is 5.92 Å². The Morgan fingerprint density at radius 1 is 1.25 bits per heavy atom. The van der Waals surface area contributed by atoms with Crippen LogP contribution in [0.15, 0.2) is 41.0 Å². The highest BCUT2D eigenvalue weighted by Gasteiger charge is 2.25. The number of nitrogens with zero attached hydrogens (tertiary/aromatic N) is 1. The number of halogens is 2. The largest absolute Gasteiger partial charge is 0.467 e. The lowest BCUT2D eigenvalue weighted by molar-refractivity contribution is -0.126. The maximum absolute atomic E-state index is 12.2. The number of amides is 1. The van der Waals surface area contributed by atoms with E-state index in [1.807, 2.05) is 24.3 Å². The number of hydrogen-bond acceptors (Lipinski definition) is 3. The second-order valence-corrected chi connectivity index (χ2v) is 6.93. The van der Waals surface area contributed by atoms with Crippen LogP contribution in [-0.2, 0) is 17.9 Å². The number of piperidine rings is 1. The first-order valence-electron chi connectivity index (χ1n) is 8.08. The third kappa shape index (κ3) is 4.53. The summed E-state index contributed by atoms with van der Waals surface area (Å²) in [7, 11) is 0. The standard InChI is InChI=1S/C18H20Cl2N2O2/c19-15-4-3-14(17(20)10-15)12-22-7-5-13(6-8-22)18(23)21-11-16-2-1-9-24-16/h1-4,9-10,13H,5-8,11-12H2,(H,21,23). The molecule has 2 heterocycles. The predicted octanol–water partition coefficient (Wildman–Crippen LogP) is 4.11. The van der Waals surface area contributed by atoms with Crippen LogP contribution in [-0.4, -0.2) is 23.9 Å². The van der Waals surface area contributed by atoms with E-state index in [9.17, 15) is 4.79 Å². The molecule has 1 saturated heterocycles. The number of carbonyl (C=O) groups excluding carboxylic acids is 1. The topological polar surface area (TPSA) is 45.5 Å². The molecule has 0 radical (unpaired) electrons. The van der Waals surface area contributed by atoms with Crippen LogP contribution < -0.4 is 5.32 Å². The van der Waals surface area contributed by atoms with Gasteiger partial charge in [-0.15, -0.1) is 0 Å². The molecule has 1 aliphatic rings. The minimum Gasteiger partial charge on any atom is -0.467 e. The van der Waals surface area contributed by atoms with Gasteiger partial charge in [0, 0.05) is 22.5 Å². The molecule has 1 N–H and O–H groups in total. The molecule has 2 aromatic rings. The fraction of sp³-hybridized carbons (Fsp3) is 0.389. The Labute approximate surface area is 151 Å². The van der Waals surface area contributed by atoms with Gasteiger partial charge in [0.25, 0.3) is 0 Å². The number of furan rings is 1. The van der Waals surface area contributed by atoms with E-state index in [2.05, 4.69) is 10.2 Å². The first-order chi connectivity index (χ1) is 11.6. The molecule has 0 spiro atoms. The number of benzene rings is 1. The van der Waals surface area contributed by atoms with Crippen LogP contribution in [0.2, 0.25) is 10.0 Å². The number of rotatable bonds is 5. The monoisotopic (exact) mass is 366 g/mol. The lowest BCUT2D eigenvalue weighted by Crippen LogP contribution is -2.40. The summed E-state index contributed by atoms with van der Waals surface area (Å²) in [6.07, 6.45) is 3.33. The average Bonchev–Trinajstić information content (AvgIpc) is 3.09. The maximum Gasteiger partial charge on any atom is 0.223 e. The van der Waals surface area contributed by atoms with Gasteiger partial charge >= 0.3 is 0 Å². The smallest absolute Gasteiger partial charge is 0.223 e. The molecule has 1 aromatic heterocycles. The molecule has 3 rings (SSSR count). The molecular weight excluding hydrogens is 347 g/mol. The van der Waals surface area contributed by atoms with Gasteiger partial charge in [-0.1, -0.05) is 29.3 Å². The van der Waals surface area contributed by atoms with Crippen molar-refractivity contribution in [3.63, 3.8) is 0 Å². The van der Waals surface area contributed by atoms with Gasteiger partial charge in [0.05, 0.1) is 12.8 Å².